The first-order valence-electron chi connectivity index (χ1n) is 11.1. The highest BCUT2D eigenvalue weighted by Gasteiger charge is 2.31. The maximum Gasteiger partial charge on any atom is 0.217 e. The molecular formula is C23H30FN5O3. The summed E-state index contributed by atoms with van der Waals surface area (Å²) in [7, 11) is 0. The van der Waals surface area contributed by atoms with E-state index in [-0.39, 0.29) is 30.6 Å². The Labute approximate surface area is 187 Å². The number of halogens is 1. The second-order valence-corrected chi connectivity index (χ2v) is 8.58. The molecule has 0 aliphatic carbocycles. The minimum atomic E-state index is -0.414. The Morgan fingerprint density at radius 3 is 2.47 bits per heavy atom. The lowest BCUT2D eigenvalue weighted by Crippen LogP contribution is -2.28. The Morgan fingerprint density at radius 1 is 1.19 bits per heavy atom. The summed E-state index contributed by atoms with van der Waals surface area (Å²) in [5.74, 6) is 1.02. The highest BCUT2D eigenvalue weighted by molar-refractivity contribution is 5.73. The number of carbonyl (C=O) groups is 1. The molecule has 2 aliphatic heterocycles. The maximum atomic E-state index is 15.2. The van der Waals surface area contributed by atoms with Crippen LogP contribution in [0.1, 0.15) is 38.3 Å². The van der Waals surface area contributed by atoms with Crippen LogP contribution < -0.4 is 19.9 Å². The van der Waals surface area contributed by atoms with Crippen LogP contribution in [-0.4, -0.2) is 59.9 Å². The van der Waals surface area contributed by atoms with E-state index >= 15 is 4.39 Å². The number of amides is 1. The molecule has 9 heteroatoms. The number of nitrogens with one attached hydrogen (secondary N) is 1. The molecule has 2 aliphatic rings. The summed E-state index contributed by atoms with van der Waals surface area (Å²) >= 11 is 0. The minimum Gasteiger partial charge on any atom is -0.489 e. The van der Waals surface area contributed by atoms with Gasteiger partial charge in [-0.05, 0) is 31.0 Å². The van der Waals surface area contributed by atoms with Gasteiger partial charge >= 0.3 is 0 Å². The van der Waals surface area contributed by atoms with Crippen LogP contribution in [0.5, 0.6) is 5.75 Å². The largest absolute Gasteiger partial charge is 0.489 e. The summed E-state index contributed by atoms with van der Waals surface area (Å²) in [5, 5.41) is 12.2. The molecule has 1 aromatic heterocycles. The first-order valence-corrected chi connectivity index (χ1v) is 11.1. The van der Waals surface area contributed by atoms with Crippen molar-refractivity contribution in [1.82, 2.24) is 15.3 Å². The molecule has 2 fully saturated rings. The van der Waals surface area contributed by atoms with Crippen molar-refractivity contribution in [3.8, 4) is 5.75 Å². The fourth-order valence-electron chi connectivity index (χ4n) is 4.40. The van der Waals surface area contributed by atoms with Gasteiger partial charge in [0, 0.05) is 45.5 Å². The standard InChI is InChI=1S/C23H30FN5O3/c1-15(27-16(2)31)18-3-5-19(6-4-18)32-20-8-10-29(12-20)23-21(24)22(25-14-26-23)28-9-7-17(11-28)13-30/h3-6,14-15,17,20,30H,7-13H2,1-2H3,(H,27,31)/t15-,17?,20+/m0/s1. The van der Waals surface area contributed by atoms with Crippen molar-refractivity contribution in [3.63, 3.8) is 0 Å². The molecule has 172 valence electrons. The number of rotatable bonds is 7. The van der Waals surface area contributed by atoms with Crippen LogP contribution in [0.4, 0.5) is 16.0 Å². The summed E-state index contributed by atoms with van der Waals surface area (Å²) in [6.07, 6.45) is 2.93. The Morgan fingerprint density at radius 2 is 1.84 bits per heavy atom. The van der Waals surface area contributed by atoms with Gasteiger partial charge in [-0.1, -0.05) is 12.1 Å². The lowest BCUT2D eigenvalue weighted by atomic mass is 10.1. The number of carbonyl (C=O) groups excluding carboxylic acids is 1. The third kappa shape index (κ3) is 4.93. The fourth-order valence-corrected chi connectivity index (χ4v) is 4.40. The van der Waals surface area contributed by atoms with Gasteiger partial charge in [0.2, 0.25) is 11.7 Å². The van der Waals surface area contributed by atoms with Crippen LogP contribution in [0.2, 0.25) is 0 Å². The zero-order chi connectivity index (χ0) is 22.7. The quantitative estimate of drug-likeness (QED) is 0.679. The Balaban J connectivity index is 1.38. The van der Waals surface area contributed by atoms with E-state index in [0.717, 1.165) is 24.2 Å². The molecule has 2 aromatic rings. The smallest absolute Gasteiger partial charge is 0.217 e. The SMILES string of the molecule is CC(=O)N[C@@H](C)c1ccc(O[C@@H]2CCN(c3ncnc(N4CCC(CO)C4)c3F)C2)cc1. The molecule has 32 heavy (non-hydrogen) atoms. The van der Waals surface area contributed by atoms with Crippen molar-refractivity contribution in [1.29, 1.82) is 0 Å². The minimum absolute atomic E-state index is 0.0677. The Hall–Kier alpha value is -2.94. The summed E-state index contributed by atoms with van der Waals surface area (Å²) in [5.41, 5.74) is 1.00. The van der Waals surface area contributed by atoms with Gasteiger partial charge in [0.25, 0.3) is 0 Å². The van der Waals surface area contributed by atoms with Crippen molar-refractivity contribution in [2.45, 2.75) is 38.8 Å². The second-order valence-electron chi connectivity index (χ2n) is 8.58. The van der Waals surface area contributed by atoms with E-state index in [4.69, 9.17) is 4.74 Å². The van der Waals surface area contributed by atoms with Crippen LogP contribution in [0.25, 0.3) is 0 Å². The molecule has 1 unspecified atom stereocenters. The van der Waals surface area contributed by atoms with Crippen LogP contribution in [-0.2, 0) is 4.79 Å². The summed E-state index contributed by atoms with van der Waals surface area (Å²) in [6, 6.07) is 7.60. The number of anilines is 2. The van der Waals surface area contributed by atoms with Gasteiger partial charge in [0.1, 0.15) is 18.2 Å². The fraction of sp³-hybridized carbons (Fsp3) is 0.522. The molecule has 0 bridgehead atoms. The predicted octanol–water partition coefficient (Wildman–Crippen LogP) is 2.29. The third-order valence-corrected chi connectivity index (χ3v) is 6.14. The van der Waals surface area contributed by atoms with E-state index in [0.29, 0.717) is 37.8 Å². The van der Waals surface area contributed by atoms with Crippen molar-refractivity contribution < 1.29 is 19.0 Å². The van der Waals surface area contributed by atoms with Gasteiger partial charge < -0.3 is 25.0 Å². The first-order chi connectivity index (χ1) is 15.4. The molecule has 0 radical (unpaired) electrons. The van der Waals surface area contributed by atoms with Crippen molar-refractivity contribution in [2.75, 3.05) is 42.6 Å². The van der Waals surface area contributed by atoms with E-state index in [1.165, 1.54) is 13.3 Å². The molecule has 1 amide bonds. The van der Waals surface area contributed by atoms with Crippen LogP contribution in [0, 0.1) is 11.7 Å². The van der Waals surface area contributed by atoms with Gasteiger partial charge in [-0.3, -0.25) is 4.79 Å². The van der Waals surface area contributed by atoms with E-state index in [2.05, 4.69) is 15.3 Å². The second kappa shape index (κ2) is 9.68. The number of aliphatic hydroxyl groups excluding tert-OH is 1. The van der Waals surface area contributed by atoms with E-state index in [1.807, 2.05) is 41.0 Å². The lowest BCUT2D eigenvalue weighted by Gasteiger charge is -2.22. The average Bonchev–Trinajstić information content (AvgIpc) is 3.43. The Bertz CT molecular complexity index is 942. The molecule has 3 heterocycles. The molecule has 2 saturated heterocycles. The topological polar surface area (TPSA) is 90.8 Å². The average molecular weight is 444 g/mol. The summed E-state index contributed by atoms with van der Waals surface area (Å²) in [4.78, 5) is 23.4. The molecule has 2 N–H and O–H groups in total. The predicted molar refractivity (Wildman–Crippen MR) is 119 cm³/mol. The number of aromatic nitrogens is 2. The zero-order valence-corrected chi connectivity index (χ0v) is 18.5. The molecule has 0 spiro atoms. The van der Waals surface area contributed by atoms with E-state index in [9.17, 15) is 9.90 Å². The highest BCUT2D eigenvalue weighted by Crippen LogP contribution is 2.31. The first kappa shape index (κ1) is 22.3. The van der Waals surface area contributed by atoms with Gasteiger partial charge in [-0.25, -0.2) is 9.97 Å². The molecule has 3 atom stereocenters. The molecule has 8 nitrogen and oxygen atoms in total. The van der Waals surface area contributed by atoms with Crippen LogP contribution in [0.15, 0.2) is 30.6 Å². The molecule has 4 rings (SSSR count). The molecule has 1 aromatic carbocycles. The van der Waals surface area contributed by atoms with E-state index in [1.54, 1.807) is 0 Å². The van der Waals surface area contributed by atoms with Gasteiger partial charge in [-0.15, -0.1) is 0 Å². The van der Waals surface area contributed by atoms with Crippen molar-refractivity contribution >= 4 is 17.5 Å². The summed E-state index contributed by atoms with van der Waals surface area (Å²) < 4.78 is 21.3. The van der Waals surface area contributed by atoms with Crippen LogP contribution >= 0.6 is 0 Å². The number of hydrogen-bond acceptors (Lipinski definition) is 7. The van der Waals surface area contributed by atoms with Gasteiger partial charge in [0.05, 0.1) is 12.6 Å². The Kier molecular flexibility index (Phi) is 6.74. The number of ether oxygens (including phenoxy) is 1. The number of benzene rings is 1. The van der Waals surface area contributed by atoms with E-state index < -0.39 is 5.82 Å². The lowest BCUT2D eigenvalue weighted by molar-refractivity contribution is -0.119. The maximum absolute atomic E-state index is 15.2. The van der Waals surface area contributed by atoms with Gasteiger partial charge in [-0.2, -0.15) is 4.39 Å². The number of nitrogens with zero attached hydrogens (tertiary/aromatic N) is 4. The molecule has 0 saturated carbocycles. The normalized spacial score (nSPS) is 21.6. The molecular weight excluding hydrogens is 413 g/mol. The van der Waals surface area contributed by atoms with Crippen LogP contribution in [0.3, 0.4) is 0 Å². The monoisotopic (exact) mass is 443 g/mol. The highest BCUT2D eigenvalue weighted by atomic mass is 19.1. The van der Waals surface area contributed by atoms with Crippen molar-refractivity contribution in [2.24, 2.45) is 5.92 Å². The zero-order valence-electron chi connectivity index (χ0n) is 18.5. The van der Waals surface area contributed by atoms with Crippen molar-refractivity contribution in [3.05, 3.63) is 42.0 Å². The summed E-state index contributed by atoms with van der Waals surface area (Å²) in [6.45, 7) is 6.01. The van der Waals surface area contributed by atoms with Gasteiger partial charge in [0.15, 0.2) is 11.6 Å². The third-order valence-electron chi connectivity index (χ3n) is 6.14. The number of hydrogen-bond donors (Lipinski definition) is 2. The number of aliphatic hydroxyl groups is 1.